The largest absolute Gasteiger partial charge is 0.435 e. The smallest absolute Gasteiger partial charge is 0.344 e. The molecular weight excluding hydrogens is 418 g/mol. The molecule has 0 fully saturated rings. The number of nitrogens with zero attached hydrogens (tertiary/aromatic N) is 3. The van der Waals surface area contributed by atoms with Crippen LogP contribution < -0.4 is 10.6 Å². The predicted molar refractivity (Wildman–Crippen MR) is 103 cm³/mol. The number of alkyl halides is 3. The molecule has 3 aromatic rings. The SMILES string of the molecule is CC(=O)Nc1cccc(C(C)NC(=O)c2nnn(-c3ccc(F)cc3)c2C(F)(F)F)c1. The van der Waals surface area contributed by atoms with Gasteiger partial charge in [-0.3, -0.25) is 9.59 Å². The van der Waals surface area contributed by atoms with Crippen LogP contribution in [0.3, 0.4) is 0 Å². The summed E-state index contributed by atoms with van der Waals surface area (Å²) in [6.07, 6.45) is -4.95. The van der Waals surface area contributed by atoms with Crippen LogP contribution in [-0.4, -0.2) is 26.8 Å². The van der Waals surface area contributed by atoms with E-state index in [2.05, 4.69) is 20.9 Å². The van der Waals surface area contributed by atoms with Crippen molar-refractivity contribution in [2.75, 3.05) is 5.32 Å². The lowest BCUT2D eigenvalue weighted by Crippen LogP contribution is -2.29. The summed E-state index contributed by atoms with van der Waals surface area (Å²) in [6.45, 7) is 2.91. The Morgan fingerprint density at radius 1 is 1.10 bits per heavy atom. The van der Waals surface area contributed by atoms with Crippen molar-refractivity contribution >= 4 is 17.5 Å². The molecule has 2 N–H and O–H groups in total. The van der Waals surface area contributed by atoms with Gasteiger partial charge >= 0.3 is 6.18 Å². The van der Waals surface area contributed by atoms with Crippen LogP contribution >= 0.6 is 0 Å². The first-order chi connectivity index (χ1) is 14.6. The van der Waals surface area contributed by atoms with Crippen LogP contribution in [-0.2, 0) is 11.0 Å². The van der Waals surface area contributed by atoms with Gasteiger partial charge in [-0.2, -0.15) is 13.2 Å². The molecule has 0 saturated heterocycles. The van der Waals surface area contributed by atoms with Gasteiger partial charge in [0.25, 0.3) is 5.91 Å². The summed E-state index contributed by atoms with van der Waals surface area (Å²) in [5.74, 6) is -2.01. The zero-order valence-corrected chi connectivity index (χ0v) is 16.4. The third kappa shape index (κ3) is 5.05. The number of carbonyl (C=O) groups excluding carboxylic acids is 2. The number of aromatic nitrogens is 3. The van der Waals surface area contributed by atoms with Crippen molar-refractivity contribution in [2.24, 2.45) is 0 Å². The number of hydrogen-bond acceptors (Lipinski definition) is 4. The lowest BCUT2D eigenvalue weighted by molar-refractivity contribution is -0.143. The summed E-state index contributed by atoms with van der Waals surface area (Å²) >= 11 is 0. The van der Waals surface area contributed by atoms with Crippen molar-refractivity contribution in [3.63, 3.8) is 0 Å². The van der Waals surface area contributed by atoms with E-state index in [1.54, 1.807) is 31.2 Å². The molecule has 1 heterocycles. The third-order valence-electron chi connectivity index (χ3n) is 4.28. The first kappa shape index (κ1) is 21.9. The molecule has 2 aromatic carbocycles. The van der Waals surface area contributed by atoms with Crippen molar-refractivity contribution in [1.82, 2.24) is 20.3 Å². The summed E-state index contributed by atoms with van der Waals surface area (Å²) < 4.78 is 54.7. The maximum Gasteiger partial charge on any atom is 0.435 e. The molecule has 0 bridgehead atoms. The van der Waals surface area contributed by atoms with Gasteiger partial charge in [0.1, 0.15) is 5.82 Å². The Morgan fingerprint density at radius 2 is 1.77 bits per heavy atom. The lowest BCUT2D eigenvalue weighted by Gasteiger charge is -2.16. The minimum atomic E-state index is -4.95. The molecule has 0 aliphatic carbocycles. The molecule has 3 rings (SSSR count). The fraction of sp³-hybridized carbons (Fsp3) is 0.200. The third-order valence-corrected chi connectivity index (χ3v) is 4.28. The molecule has 0 aliphatic rings. The van der Waals surface area contributed by atoms with E-state index >= 15 is 0 Å². The van der Waals surface area contributed by atoms with E-state index in [9.17, 15) is 27.2 Å². The van der Waals surface area contributed by atoms with E-state index in [-0.39, 0.29) is 11.6 Å². The van der Waals surface area contributed by atoms with Gasteiger partial charge in [-0.05, 0) is 48.9 Å². The molecule has 0 aliphatic heterocycles. The summed E-state index contributed by atoms with van der Waals surface area (Å²) in [7, 11) is 0. The number of rotatable bonds is 5. The number of halogens is 4. The number of nitrogens with one attached hydrogen (secondary N) is 2. The van der Waals surface area contributed by atoms with Gasteiger partial charge in [0.15, 0.2) is 11.4 Å². The Labute approximate surface area is 174 Å². The second-order valence-corrected chi connectivity index (χ2v) is 6.67. The molecule has 162 valence electrons. The Kier molecular flexibility index (Phi) is 6.04. The molecule has 1 unspecified atom stereocenters. The van der Waals surface area contributed by atoms with Crippen molar-refractivity contribution in [1.29, 1.82) is 0 Å². The van der Waals surface area contributed by atoms with Gasteiger partial charge in [0.05, 0.1) is 11.7 Å². The van der Waals surface area contributed by atoms with Crippen LogP contribution in [0.15, 0.2) is 48.5 Å². The topological polar surface area (TPSA) is 88.9 Å². The monoisotopic (exact) mass is 435 g/mol. The quantitative estimate of drug-likeness (QED) is 0.596. The lowest BCUT2D eigenvalue weighted by atomic mass is 10.1. The van der Waals surface area contributed by atoms with Crippen molar-refractivity contribution in [3.05, 3.63) is 71.3 Å². The van der Waals surface area contributed by atoms with Crippen LogP contribution in [0.5, 0.6) is 0 Å². The molecule has 1 aromatic heterocycles. The Bertz CT molecular complexity index is 1110. The van der Waals surface area contributed by atoms with E-state index in [1.165, 1.54) is 6.92 Å². The first-order valence-electron chi connectivity index (χ1n) is 9.03. The zero-order valence-electron chi connectivity index (χ0n) is 16.4. The van der Waals surface area contributed by atoms with Crippen molar-refractivity contribution in [2.45, 2.75) is 26.1 Å². The molecule has 11 heteroatoms. The fourth-order valence-corrected chi connectivity index (χ4v) is 2.89. The summed E-state index contributed by atoms with van der Waals surface area (Å²) in [5, 5.41) is 11.9. The summed E-state index contributed by atoms with van der Waals surface area (Å²) in [5.41, 5.74) is -1.36. The number of hydrogen-bond donors (Lipinski definition) is 2. The maximum atomic E-state index is 13.7. The number of anilines is 1. The van der Waals surface area contributed by atoms with Gasteiger partial charge in [-0.25, -0.2) is 9.07 Å². The molecule has 0 spiro atoms. The first-order valence-corrected chi connectivity index (χ1v) is 9.03. The average Bonchev–Trinajstić information content (AvgIpc) is 3.14. The normalized spacial score (nSPS) is 12.3. The van der Waals surface area contributed by atoms with Gasteiger partial charge in [0.2, 0.25) is 5.91 Å². The van der Waals surface area contributed by atoms with Crippen LogP contribution in [0.25, 0.3) is 5.69 Å². The van der Waals surface area contributed by atoms with Gasteiger partial charge in [0, 0.05) is 12.6 Å². The van der Waals surface area contributed by atoms with Crippen LogP contribution in [0.1, 0.15) is 41.6 Å². The van der Waals surface area contributed by atoms with E-state index in [0.29, 0.717) is 15.9 Å². The molecular formula is C20H17F4N5O2. The summed E-state index contributed by atoms with van der Waals surface area (Å²) in [6, 6.07) is 9.95. The Morgan fingerprint density at radius 3 is 2.39 bits per heavy atom. The standard InChI is InChI=1S/C20H17F4N5O2/c1-11(13-4-3-5-15(10-13)26-12(2)30)25-19(31)17-18(20(22,23)24)29(28-27-17)16-8-6-14(21)7-9-16/h3-11H,1-2H3,(H,25,31)(H,26,30). The summed E-state index contributed by atoms with van der Waals surface area (Å²) in [4.78, 5) is 23.8. The second kappa shape index (κ2) is 8.54. The van der Waals surface area contributed by atoms with E-state index < -0.39 is 35.3 Å². The number of benzene rings is 2. The average molecular weight is 435 g/mol. The fourth-order valence-electron chi connectivity index (χ4n) is 2.89. The Hall–Kier alpha value is -3.76. The highest BCUT2D eigenvalue weighted by Gasteiger charge is 2.42. The number of carbonyl (C=O) groups is 2. The van der Waals surface area contributed by atoms with E-state index in [1.807, 2.05) is 0 Å². The number of amides is 2. The minimum absolute atomic E-state index is 0.101. The molecule has 0 saturated carbocycles. The van der Waals surface area contributed by atoms with Gasteiger partial charge in [-0.1, -0.05) is 17.3 Å². The highest BCUT2D eigenvalue weighted by Crippen LogP contribution is 2.33. The van der Waals surface area contributed by atoms with E-state index in [0.717, 1.165) is 24.3 Å². The minimum Gasteiger partial charge on any atom is -0.344 e. The molecule has 7 nitrogen and oxygen atoms in total. The van der Waals surface area contributed by atoms with Gasteiger partial charge in [-0.15, -0.1) is 5.10 Å². The maximum absolute atomic E-state index is 13.7. The molecule has 1 atom stereocenters. The van der Waals surface area contributed by atoms with Crippen LogP contribution in [0.2, 0.25) is 0 Å². The molecule has 2 amide bonds. The highest BCUT2D eigenvalue weighted by atomic mass is 19.4. The highest BCUT2D eigenvalue weighted by molar-refractivity contribution is 5.94. The zero-order chi connectivity index (χ0) is 22.8. The van der Waals surface area contributed by atoms with Gasteiger partial charge < -0.3 is 10.6 Å². The molecule has 0 radical (unpaired) electrons. The van der Waals surface area contributed by atoms with Crippen LogP contribution in [0.4, 0.5) is 23.2 Å². The predicted octanol–water partition coefficient (Wildman–Crippen LogP) is 3.87. The molecule has 31 heavy (non-hydrogen) atoms. The Balaban J connectivity index is 1.90. The van der Waals surface area contributed by atoms with Crippen molar-refractivity contribution in [3.8, 4) is 5.69 Å². The van der Waals surface area contributed by atoms with Crippen LogP contribution in [0, 0.1) is 5.82 Å². The second-order valence-electron chi connectivity index (χ2n) is 6.67. The van der Waals surface area contributed by atoms with E-state index in [4.69, 9.17) is 0 Å². The van der Waals surface area contributed by atoms with Crippen molar-refractivity contribution < 1.29 is 27.2 Å².